The fourth-order valence-electron chi connectivity index (χ4n) is 3.58. The van der Waals surface area contributed by atoms with E-state index in [0.717, 1.165) is 28.9 Å². The number of nitrogens with one attached hydrogen (secondary N) is 1. The van der Waals surface area contributed by atoms with Gasteiger partial charge in [-0.2, -0.15) is 4.68 Å². The normalized spacial score (nSPS) is 20.3. The Morgan fingerprint density at radius 2 is 1.92 bits per heavy atom. The van der Waals surface area contributed by atoms with E-state index in [1.54, 1.807) is 11.2 Å². The van der Waals surface area contributed by atoms with E-state index in [1.165, 1.54) is 31.5 Å². The van der Waals surface area contributed by atoms with Crippen LogP contribution in [0.25, 0.3) is 11.6 Å². The molecule has 1 aliphatic heterocycles. The van der Waals surface area contributed by atoms with Crippen LogP contribution in [0.3, 0.4) is 0 Å². The summed E-state index contributed by atoms with van der Waals surface area (Å²) in [6.45, 7) is 6.23. The molecule has 0 spiro atoms. The van der Waals surface area contributed by atoms with Crippen molar-refractivity contribution in [3.63, 3.8) is 0 Å². The largest absolute Gasteiger partial charge is 0.461 e. The summed E-state index contributed by atoms with van der Waals surface area (Å²) in [5.74, 6) is 2.39. The molecule has 0 radical (unpaired) electrons. The van der Waals surface area contributed by atoms with Crippen molar-refractivity contribution in [3.8, 4) is 11.6 Å². The van der Waals surface area contributed by atoms with Gasteiger partial charge in [0.05, 0.1) is 25.9 Å². The molecular weight excluding hydrogens is 344 g/mol. The first-order valence-electron chi connectivity index (χ1n) is 9.29. The number of quaternary nitrogens is 1. The van der Waals surface area contributed by atoms with Crippen LogP contribution in [-0.2, 0) is 13.2 Å². The van der Waals surface area contributed by atoms with E-state index in [4.69, 9.17) is 21.7 Å². The molecule has 3 heterocycles. The predicted octanol–water partition coefficient (Wildman–Crippen LogP) is 2.99. The van der Waals surface area contributed by atoms with Crippen molar-refractivity contribution in [1.29, 1.82) is 0 Å². The van der Waals surface area contributed by atoms with E-state index >= 15 is 0 Å². The van der Waals surface area contributed by atoms with Crippen LogP contribution >= 0.6 is 12.2 Å². The van der Waals surface area contributed by atoms with Gasteiger partial charge >= 0.3 is 0 Å². The van der Waals surface area contributed by atoms with Gasteiger partial charge in [-0.25, -0.2) is 0 Å². The average Bonchev–Trinajstić information content (AvgIpc) is 3.28. The monoisotopic (exact) mass is 369 g/mol. The number of aromatic nitrogens is 3. The lowest BCUT2D eigenvalue weighted by Gasteiger charge is -2.26. The predicted molar refractivity (Wildman–Crippen MR) is 103 cm³/mol. The minimum Gasteiger partial charge on any atom is -0.461 e. The van der Waals surface area contributed by atoms with Gasteiger partial charge in [-0.05, 0) is 48.7 Å². The molecule has 1 saturated heterocycles. The highest BCUT2D eigenvalue weighted by Crippen LogP contribution is 2.20. The summed E-state index contributed by atoms with van der Waals surface area (Å²) in [7, 11) is 0. The van der Waals surface area contributed by atoms with E-state index in [1.807, 2.05) is 22.9 Å². The zero-order chi connectivity index (χ0) is 17.9. The highest BCUT2D eigenvalue weighted by Gasteiger charge is 2.22. The van der Waals surface area contributed by atoms with E-state index in [9.17, 15) is 0 Å². The highest BCUT2D eigenvalue weighted by atomic mass is 32.1. The van der Waals surface area contributed by atoms with Crippen LogP contribution in [0, 0.1) is 10.7 Å². The lowest BCUT2D eigenvalue weighted by molar-refractivity contribution is -0.929. The maximum Gasteiger partial charge on any atom is 0.203 e. The molecule has 26 heavy (non-hydrogen) atoms. The van der Waals surface area contributed by atoms with Crippen molar-refractivity contribution in [3.05, 3.63) is 59.1 Å². The molecule has 5 nitrogen and oxygen atoms in total. The Morgan fingerprint density at radius 1 is 1.15 bits per heavy atom. The summed E-state index contributed by atoms with van der Waals surface area (Å²) in [5.41, 5.74) is 1.20. The fraction of sp³-hybridized carbons (Fsp3) is 0.400. The zero-order valence-corrected chi connectivity index (χ0v) is 15.9. The highest BCUT2D eigenvalue weighted by molar-refractivity contribution is 7.71. The number of furan rings is 1. The van der Waals surface area contributed by atoms with Gasteiger partial charge in [0.15, 0.2) is 18.3 Å². The third kappa shape index (κ3) is 3.66. The SMILES string of the molecule is CC1CC[NH+](Cn2nc(-c3ccco3)n(Cc3ccccc3)c2=S)CC1. The first kappa shape index (κ1) is 17.2. The first-order valence-corrected chi connectivity index (χ1v) is 9.70. The van der Waals surface area contributed by atoms with Crippen molar-refractivity contribution in [2.45, 2.75) is 33.0 Å². The van der Waals surface area contributed by atoms with Gasteiger partial charge in [0, 0.05) is 0 Å². The van der Waals surface area contributed by atoms with Crippen LogP contribution in [0.2, 0.25) is 0 Å². The van der Waals surface area contributed by atoms with Crippen molar-refractivity contribution >= 4 is 12.2 Å². The Balaban J connectivity index is 1.65. The average molecular weight is 370 g/mol. The number of benzene rings is 1. The number of rotatable bonds is 5. The van der Waals surface area contributed by atoms with Crippen molar-refractivity contribution < 1.29 is 9.32 Å². The number of likely N-dealkylation sites (tertiary alicyclic amines) is 1. The lowest BCUT2D eigenvalue weighted by atomic mass is 10.00. The third-order valence-corrected chi connectivity index (χ3v) is 5.63. The Labute approximate surface area is 158 Å². The first-order chi connectivity index (χ1) is 12.7. The van der Waals surface area contributed by atoms with Crippen LogP contribution in [0.5, 0.6) is 0 Å². The molecule has 1 N–H and O–H groups in total. The minimum atomic E-state index is 0.697. The second-order valence-electron chi connectivity index (χ2n) is 7.25. The van der Waals surface area contributed by atoms with Gasteiger partial charge < -0.3 is 9.32 Å². The topological polar surface area (TPSA) is 40.3 Å². The molecule has 0 atom stereocenters. The molecule has 1 fully saturated rings. The van der Waals surface area contributed by atoms with Crippen LogP contribution < -0.4 is 4.90 Å². The van der Waals surface area contributed by atoms with E-state index in [2.05, 4.69) is 35.8 Å². The smallest absolute Gasteiger partial charge is 0.203 e. The zero-order valence-electron chi connectivity index (χ0n) is 15.1. The second kappa shape index (κ2) is 7.60. The van der Waals surface area contributed by atoms with E-state index in [0.29, 0.717) is 6.54 Å². The van der Waals surface area contributed by atoms with Crippen molar-refractivity contribution in [2.75, 3.05) is 13.1 Å². The number of hydrogen-bond acceptors (Lipinski definition) is 3. The van der Waals surface area contributed by atoms with Gasteiger partial charge in [0.1, 0.15) is 0 Å². The molecule has 4 rings (SSSR count). The molecule has 0 unspecified atom stereocenters. The van der Waals surface area contributed by atoms with Crippen molar-refractivity contribution in [1.82, 2.24) is 14.3 Å². The van der Waals surface area contributed by atoms with Gasteiger partial charge in [0.25, 0.3) is 0 Å². The Kier molecular flexibility index (Phi) is 5.04. The van der Waals surface area contributed by atoms with E-state index < -0.39 is 0 Å². The molecule has 1 aromatic carbocycles. The summed E-state index contributed by atoms with van der Waals surface area (Å²) in [6.07, 6.45) is 4.23. The van der Waals surface area contributed by atoms with E-state index in [-0.39, 0.29) is 0 Å². The van der Waals surface area contributed by atoms with Gasteiger partial charge in [0.2, 0.25) is 4.77 Å². The lowest BCUT2D eigenvalue weighted by Crippen LogP contribution is -3.12. The molecule has 136 valence electrons. The van der Waals surface area contributed by atoms with Gasteiger partial charge in [-0.3, -0.25) is 4.57 Å². The standard InChI is InChI=1S/C20H24N4OS/c1-16-9-11-22(12-10-16)15-24-20(26)23(14-17-6-3-2-4-7-17)19(21-24)18-8-5-13-25-18/h2-8,13,16H,9-12,14-15H2,1H3/p+1. The molecule has 0 bridgehead atoms. The fourth-order valence-corrected chi connectivity index (χ4v) is 3.84. The summed E-state index contributed by atoms with van der Waals surface area (Å²) in [4.78, 5) is 1.55. The van der Waals surface area contributed by atoms with Gasteiger partial charge in [-0.15, -0.1) is 5.10 Å². The Morgan fingerprint density at radius 3 is 2.62 bits per heavy atom. The summed E-state index contributed by atoms with van der Waals surface area (Å²) in [5, 5.41) is 4.82. The molecule has 1 aliphatic rings. The quantitative estimate of drug-likeness (QED) is 0.703. The maximum atomic E-state index is 5.79. The number of piperidine rings is 1. The van der Waals surface area contributed by atoms with Crippen LogP contribution in [0.1, 0.15) is 25.3 Å². The van der Waals surface area contributed by atoms with Crippen LogP contribution in [-0.4, -0.2) is 27.4 Å². The van der Waals surface area contributed by atoms with Gasteiger partial charge in [-0.1, -0.05) is 37.3 Å². The summed E-state index contributed by atoms with van der Waals surface area (Å²) < 4.78 is 10.4. The molecule has 0 aliphatic carbocycles. The maximum absolute atomic E-state index is 5.79. The molecule has 0 saturated carbocycles. The summed E-state index contributed by atoms with van der Waals surface area (Å²) in [6, 6.07) is 14.2. The number of nitrogens with zero attached hydrogens (tertiary/aromatic N) is 3. The third-order valence-electron chi connectivity index (χ3n) is 5.20. The molecular formula is C20H25N4OS+. The molecule has 2 aromatic heterocycles. The van der Waals surface area contributed by atoms with Crippen molar-refractivity contribution in [2.24, 2.45) is 5.92 Å². The molecule has 6 heteroatoms. The van der Waals surface area contributed by atoms with Crippen LogP contribution in [0.15, 0.2) is 53.1 Å². The minimum absolute atomic E-state index is 0.697. The molecule has 3 aromatic rings. The Bertz CT molecular complexity index is 890. The molecule has 0 amide bonds. The Hall–Kier alpha value is -2.18. The van der Waals surface area contributed by atoms with Crippen LogP contribution in [0.4, 0.5) is 0 Å². The summed E-state index contributed by atoms with van der Waals surface area (Å²) >= 11 is 5.79. The second-order valence-corrected chi connectivity index (χ2v) is 7.61. The number of hydrogen-bond donors (Lipinski definition) is 1.